The molecule has 0 fully saturated rings. The highest BCUT2D eigenvalue weighted by atomic mass is 35.5. The van der Waals surface area contributed by atoms with Gasteiger partial charge in [-0.25, -0.2) is 5.01 Å². The van der Waals surface area contributed by atoms with Crippen LogP contribution in [0.1, 0.15) is 23.8 Å². The zero-order valence-electron chi connectivity index (χ0n) is 17.5. The maximum atomic E-state index is 13.1. The highest BCUT2D eigenvalue weighted by Gasteiger charge is 2.34. The largest absolute Gasteiger partial charge is 0.493 e. The molecule has 3 aromatic rings. The lowest BCUT2D eigenvalue weighted by molar-refractivity contribution is -0.131. The van der Waals surface area contributed by atoms with Crippen molar-refractivity contribution in [1.82, 2.24) is 5.01 Å². The molecule has 10 heteroatoms. The summed E-state index contributed by atoms with van der Waals surface area (Å²) in [5, 5.41) is 9.43. The summed E-state index contributed by atoms with van der Waals surface area (Å²) < 4.78 is 40.4. The molecule has 4 rings (SSSR count). The summed E-state index contributed by atoms with van der Waals surface area (Å²) in [5.41, 5.74) is 1.98. The maximum Gasteiger partial charge on any atom is 0.387 e. The minimum Gasteiger partial charge on any atom is -0.493 e. The van der Waals surface area contributed by atoms with E-state index in [-0.39, 0.29) is 24.0 Å². The topological polar surface area (TPSA) is 76.3 Å². The van der Waals surface area contributed by atoms with Crippen LogP contribution in [0.5, 0.6) is 11.5 Å². The molecule has 0 saturated heterocycles. The summed E-state index contributed by atoms with van der Waals surface area (Å²) in [6.07, 6.45) is 2.01. The van der Waals surface area contributed by atoms with Crippen molar-refractivity contribution in [3.8, 4) is 11.5 Å². The van der Waals surface area contributed by atoms with Crippen LogP contribution in [-0.2, 0) is 4.79 Å². The number of benzene rings is 2. The van der Waals surface area contributed by atoms with E-state index in [0.29, 0.717) is 22.9 Å². The number of halogens is 3. The van der Waals surface area contributed by atoms with Gasteiger partial charge in [0.05, 0.1) is 25.6 Å². The van der Waals surface area contributed by atoms with Crippen LogP contribution in [0.15, 0.2) is 70.4 Å². The van der Waals surface area contributed by atoms with E-state index in [1.165, 1.54) is 24.3 Å². The van der Waals surface area contributed by atoms with E-state index in [0.717, 1.165) is 11.3 Å². The van der Waals surface area contributed by atoms with Crippen molar-refractivity contribution in [2.75, 3.05) is 19.0 Å². The highest BCUT2D eigenvalue weighted by Crippen LogP contribution is 2.34. The molecule has 2 aromatic carbocycles. The van der Waals surface area contributed by atoms with Crippen LogP contribution in [0, 0.1) is 0 Å². The molecule has 1 amide bonds. The Morgan fingerprint density at radius 1 is 1.24 bits per heavy atom. The van der Waals surface area contributed by atoms with Gasteiger partial charge in [-0.05, 0) is 42.0 Å². The van der Waals surface area contributed by atoms with Crippen LogP contribution < -0.4 is 14.8 Å². The van der Waals surface area contributed by atoms with Gasteiger partial charge in [0.15, 0.2) is 11.5 Å². The Hall–Kier alpha value is -3.59. The third-order valence-corrected chi connectivity index (χ3v) is 5.29. The SMILES string of the molecule is COc1ccc(NCC(=O)N2N=C(c3ccc(Cl)cc3)C[C@H]2c2ccco2)cc1OC(F)F. The van der Waals surface area contributed by atoms with Gasteiger partial charge in [0.2, 0.25) is 0 Å². The van der Waals surface area contributed by atoms with Crippen molar-refractivity contribution < 1.29 is 27.5 Å². The molecule has 0 unspecified atom stereocenters. The van der Waals surface area contributed by atoms with Crippen molar-refractivity contribution in [1.29, 1.82) is 0 Å². The Morgan fingerprint density at radius 3 is 2.70 bits per heavy atom. The molecular weight excluding hydrogens is 456 g/mol. The van der Waals surface area contributed by atoms with E-state index < -0.39 is 12.7 Å². The lowest BCUT2D eigenvalue weighted by Gasteiger charge is -2.20. The van der Waals surface area contributed by atoms with Gasteiger partial charge in [-0.2, -0.15) is 13.9 Å². The second-order valence-electron chi connectivity index (χ2n) is 7.12. The number of rotatable bonds is 8. The van der Waals surface area contributed by atoms with Gasteiger partial charge in [0, 0.05) is 23.2 Å². The summed E-state index contributed by atoms with van der Waals surface area (Å²) in [5.74, 6) is 0.296. The summed E-state index contributed by atoms with van der Waals surface area (Å²) in [6, 6.07) is 14.7. The number of alkyl halides is 2. The number of nitrogens with one attached hydrogen (secondary N) is 1. The van der Waals surface area contributed by atoms with Crippen LogP contribution in [-0.4, -0.2) is 36.9 Å². The summed E-state index contributed by atoms with van der Waals surface area (Å²) in [4.78, 5) is 13.1. The molecule has 1 atom stereocenters. The molecule has 33 heavy (non-hydrogen) atoms. The van der Waals surface area contributed by atoms with E-state index in [1.54, 1.807) is 36.6 Å². The second kappa shape index (κ2) is 9.91. The number of methoxy groups -OCH3 is 1. The van der Waals surface area contributed by atoms with Crippen molar-refractivity contribution in [2.45, 2.75) is 19.1 Å². The van der Waals surface area contributed by atoms with Gasteiger partial charge in [-0.1, -0.05) is 23.7 Å². The molecule has 1 aliphatic heterocycles. The minimum absolute atomic E-state index is 0.130. The molecule has 7 nitrogen and oxygen atoms in total. The number of nitrogens with zero attached hydrogens (tertiary/aromatic N) is 2. The lowest BCUT2D eigenvalue weighted by Crippen LogP contribution is -2.32. The van der Waals surface area contributed by atoms with Gasteiger partial charge in [-0.3, -0.25) is 4.79 Å². The van der Waals surface area contributed by atoms with E-state index in [4.69, 9.17) is 20.8 Å². The van der Waals surface area contributed by atoms with Gasteiger partial charge in [-0.15, -0.1) is 0 Å². The number of furan rings is 1. The Bertz CT molecular complexity index is 1140. The summed E-state index contributed by atoms with van der Waals surface area (Å²) in [6.45, 7) is -3.13. The van der Waals surface area contributed by atoms with Crippen LogP contribution in [0.25, 0.3) is 0 Å². The molecule has 1 N–H and O–H groups in total. The van der Waals surface area contributed by atoms with E-state index in [2.05, 4.69) is 15.2 Å². The number of amides is 1. The van der Waals surface area contributed by atoms with Gasteiger partial charge >= 0.3 is 6.61 Å². The lowest BCUT2D eigenvalue weighted by atomic mass is 10.0. The minimum atomic E-state index is -3.00. The second-order valence-corrected chi connectivity index (χ2v) is 7.56. The molecule has 2 heterocycles. The third-order valence-electron chi connectivity index (χ3n) is 5.04. The average molecular weight is 476 g/mol. The zero-order chi connectivity index (χ0) is 23.4. The number of hydrogen-bond donors (Lipinski definition) is 1. The highest BCUT2D eigenvalue weighted by molar-refractivity contribution is 6.30. The van der Waals surface area contributed by atoms with Gasteiger partial charge in [0.25, 0.3) is 5.91 Å². The Morgan fingerprint density at radius 2 is 2.03 bits per heavy atom. The summed E-state index contributed by atoms with van der Waals surface area (Å²) >= 11 is 5.98. The number of hydrazone groups is 1. The molecule has 1 aromatic heterocycles. The fourth-order valence-electron chi connectivity index (χ4n) is 3.49. The molecule has 0 saturated carbocycles. The average Bonchev–Trinajstić information content (AvgIpc) is 3.48. The van der Waals surface area contributed by atoms with E-state index in [9.17, 15) is 13.6 Å². The molecule has 172 valence electrons. The predicted octanol–water partition coefficient (Wildman–Crippen LogP) is 5.33. The van der Waals surface area contributed by atoms with Crippen LogP contribution in [0.4, 0.5) is 14.5 Å². The van der Waals surface area contributed by atoms with Crippen molar-refractivity contribution in [3.63, 3.8) is 0 Å². The molecular formula is C23H20ClF2N3O4. The normalized spacial score (nSPS) is 15.5. The Balaban J connectivity index is 1.52. The Labute approximate surface area is 193 Å². The molecule has 1 aliphatic rings. The number of ether oxygens (including phenoxy) is 2. The van der Waals surface area contributed by atoms with Crippen LogP contribution in [0.2, 0.25) is 5.02 Å². The van der Waals surface area contributed by atoms with E-state index >= 15 is 0 Å². The fourth-order valence-corrected chi connectivity index (χ4v) is 3.62. The first-order valence-electron chi connectivity index (χ1n) is 10.00. The zero-order valence-corrected chi connectivity index (χ0v) is 18.3. The number of carbonyl (C=O) groups excluding carboxylic acids is 1. The van der Waals surface area contributed by atoms with Gasteiger partial charge in [0.1, 0.15) is 11.8 Å². The summed E-state index contributed by atoms with van der Waals surface area (Å²) in [7, 11) is 1.35. The van der Waals surface area contributed by atoms with Gasteiger partial charge < -0.3 is 19.2 Å². The maximum absolute atomic E-state index is 13.1. The Kier molecular flexibility index (Phi) is 6.79. The molecule has 0 bridgehead atoms. The number of hydrogen-bond acceptors (Lipinski definition) is 6. The smallest absolute Gasteiger partial charge is 0.387 e. The first-order chi connectivity index (χ1) is 15.9. The van der Waals surface area contributed by atoms with E-state index in [1.807, 2.05) is 12.1 Å². The number of carbonyl (C=O) groups is 1. The fraction of sp³-hybridized carbons (Fsp3) is 0.217. The standard InChI is InChI=1S/C23H20ClF2N3O4/c1-31-20-9-8-16(11-21(20)33-23(25)26)27-13-22(30)29-18(19-3-2-10-32-19)12-17(28-29)14-4-6-15(24)7-5-14/h2-11,18,23,27H,12-13H2,1H3/t18-/m0/s1. The van der Waals surface area contributed by atoms with Crippen LogP contribution in [0.3, 0.4) is 0 Å². The monoisotopic (exact) mass is 475 g/mol. The van der Waals surface area contributed by atoms with Crippen molar-refractivity contribution in [2.24, 2.45) is 5.10 Å². The molecule has 0 radical (unpaired) electrons. The first kappa shape index (κ1) is 22.6. The molecule has 0 aliphatic carbocycles. The number of anilines is 1. The predicted molar refractivity (Wildman–Crippen MR) is 119 cm³/mol. The quantitative estimate of drug-likeness (QED) is 0.476. The third kappa shape index (κ3) is 5.25. The first-order valence-corrected chi connectivity index (χ1v) is 10.4. The van der Waals surface area contributed by atoms with Crippen molar-refractivity contribution in [3.05, 3.63) is 77.2 Å². The molecule has 0 spiro atoms. The van der Waals surface area contributed by atoms with Crippen molar-refractivity contribution >= 4 is 28.9 Å². The van der Waals surface area contributed by atoms with Crippen LogP contribution >= 0.6 is 11.6 Å².